The number of fused-ring (bicyclic) bond motifs is 1. The predicted molar refractivity (Wildman–Crippen MR) is 150 cm³/mol. The van der Waals surface area contributed by atoms with Gasteiger partial charge in [-0.1, -0.05) is 16.1 Å². The minimum atomic E-state index is -4.69. The van der Waals surface area contributed by atoms with E-state index in [0.717, 1.165) is 12.1 Å². The summed E-state index contributed by atoms with van der Waals surface area (Å²) in [6.45, 7) is 0. The van der Waals surface area contributed by atoms with Gasteiger partial charge in [0.05, 0.1) is 51.4 Å². The van der Waals surface area contributed by atoms with E-state index < -0.39 is 20.8 Å². The number of phenols is 3. The van der Waals surface area contributed by atoms with Gasteiger partial charge in [0.15, 0.2) is 5.75 Å². The third kappa shape index (κ3) is 8.17. The van der Waals surface area contributed by atoms with Crippen LogP contribution in [0.3, 0.4) is 0 Å². The van der Waals surface area contributed by atoms with E-state index in [2.05, 4.69) is 39.6 Å². The Labute approximate surface area is 261 Å². The molecular formula is C23H20CuN4O12S3. The summed E-state index contributed by atoms with van der Waals surface area (Å²) >= 11 is 1.23. The monoisotopic (exact) mass is 703 g/mol. The van der Waals surface area contributed by atoms with Gasteiger partial charge >= 0.3 is 0 Å². The van der Waals surface area contributed by atoms with Crippen molar-refractivity contribution in [1.82, 2.24) is 0 Å². The van der Waals surface area contributed by atoms with Crippen molar-refractivity contribution in [3.05, 3.63) is 54.6 Å². The van der Waals surface area contributed by atoms with Crippen LogP contribution in [0.1, 0.15) is 0 Å². The molecule has 16 nitrogen and oxygen atoms in total. The van der Waals surface area contributed by atoms with Gasteiger partial charge in [0.1, 0.15) is 22.9 Å². The van der Waals surface area contributed by atoms with Crippen LogP contribution < -0.4 is 10.6 Å². The van der Waals surface area contributed by atoms with Crippen LogP contribution in [-0.4, -0.2) is 45.9 Å². The molecule has 0 aromatic heterocycles. The van der Waals surface area contributed by atoms with E-state index >= 15 is 0 Å². The Morgan fingerprint density at radius 3 is 2.14 bits per heavy atom. The summed E-state index contributed by atoms with van der Waals surface area (Å²) < 4.78 is 42.0. The summed E-state index contributed by atoms with van der Waals surface area (Å²) in [5, 5.41) is 70.3. The molecule has 0 heterocycles. The van der Waals surface area contributed by atoms with Gasteiger partial charge in [-0.05, 0) is 53.9 Å². The predicted octanol–water partition coefficient (Wildman–Crippen LogP) is 6.26. The molecule has 0 unspecified atom stereocenters. The molecule has 0 fully saturated rings. The van der Waals surface area contributed by atoms with Crippen LogP contribution in [0, 0.1) is 0 Å². The first-order valence-electron chi connectivity index (χ1n) is 11.2. The Hall–Kier alpha value is -3.37. The molecule has 43 heavy (non-hydrogen) atoms. The number of rotatable bonds is 12. The Balaban J connectivity index is 0.00000506. The van der Waals surface area contributed by atoms with E-state index in [9.17, 15) is 28.3 Å². The minimum Gasteiger partial charge on any atom is -0.507 e. The molecule has 0 saturated carbocycles. The van der Waals surface area contributed by atoms with Gasteiger partial charge < -0.3 is 26.0 Å². The maximum atomic E-state index is 11.8. The van der Waals surface area contributed by atoms with E-state index in [-0.39, 0.29) is 62.4 Å². The second-order valence-electron chi connectivity index (χ2n) is 8.02. The number of nitrogens with zero attached hydrogens (tertiary/aromatic N) is 2. The molecule has 0 spiro atoms. The number of anilines is 3. The second kappa shape index (κ2) is 14.9. The van der Waals surface area contributed by atoms with E-state index in [4.69, 9.17) is 10.5 Å². The Bertz CT molecular complexity index is 1760. The largest absolute Gasteiger partial charge is 0.507 e. The van der Waals surface area contributed by atoms with Crippen LogP contribution in [0.25, 0.3) is 10.8 Å². The molecule has 0 aliphatic heterocycles. The molecule has 0 atom stereocenters. The first kappa shape index (κ1) is 34.1. The average Bonchev–Trinajstić information content (AvgIpc) is 2.95. The molecule has 1 radical (unpaired) electrons. The molecule has 0 aliphatic carbocycles. The number of azo groups is 1. The topological polar surface area (TPSA) is 241 Å². The molecule has 0 amide bonds. The summed E-state index contributed by atoms with van der Waals surface area (Å²) in [5.41, 5.74) is -0.144. The van der Waals surface area contributed by atoms with E-state index in [0.29, 0.717) is 39.3 Å². The molecule has 0 aliphatic rings. The van der Waals surface area contributed by atoms with Crippen LogP contribution in [-0.2, 0) is 45.9 Å². The van der Waals surface area contributed by atoms with Gasteiger partial charge in [0.2, 0.25) is 0 Å². The number of aromatic hydroxyl groups is 3. The summed E-state index contributed by atoms with van der Waals surface area (Å²) in [6, 6.07) is 12.1. The van der Waals surface area contributed by atoms with Gasteiger partial charge in [-0.15, -0.1) is 18.9 Å². The van der Waals surface area contributed by atoms with Crippen LogP contribution in [0.15, 0.2) is 79.5 Å². The van der Waals surface area contributed by atoms with Gasteiger partial charge in [-0.3, -0.25) is 4.55 Å². The zero-order chi connectivity index (χ0) is 30.4. The normalized spacial score (nSPS) is 11.5. The summed E-state index contributed by atoms with van der Waals surface area (Å²) in [6.07, 6.45) is 0. The Morgan fingerprint density at radius 1 is 0.791 bits per heavy atom. The number of benzene rings is 4. The maximum Gasteiger partial charge on any atom is 0.294 e. The summed E-state index contributed by atoms with van der Waals surface area (Å²) in [4.78, 5) is 0.151. The van der Waals surface area contributed by atoms with Gasteiger partial charge in [-0.25, -0.2) is 10.5 Å². The van der Waals surface area contributed by atoms with Crippen molar-refractivity contribution in [2.45, 2.75) is 14.7 Å². The van der Waals surface area contributed by atoms with Crippen molar-refractivity contribution >= 4 is 73.4 Å². The first-order valence-corrected chi connectivity index (χ1v) is 14.1. The molecule has 233 valence electrons. The van der Waals surface area contributed by atoms with E-state index in [1.165, 1.54) is 37.4 Å². The van der Waals surface area contributed by atoms with Crippen molar-refractivity contribution in [3.8, 4) is 17.2 Å². The van der Waals surface area contributed by atoms with Crippen LogP contribution in [0.4, 0.5) is 28.4 Å². The molecule has 4 rings (SSSR count). The fourth-order valence-electron chi connectivity index (χ4n) is 3.69. The van der Waals surface area contributed by atoms with Crippen molar-refractivity contribution < 1.29 is 74.6 Å². The van der Waals surface area contributed by atoms with Crippen LogP contribution in [0.2, 0.25) is 0 Å². The molecule has 0 saturated heterocycles. The molecule has 4 aromatic carbocycles. The fraction of sp³-hybridized carbons (Fsp3) is 0.0435. The van der Waals surface area contributed by atoms with Crippen molar-refractivity contribution in [1.29, 1.82) is 0 Å². The minimum absolute atomic E-state index is 0. The van der Waals surface area contributed by atoms with Crippen LogP contribution in [0.5, 0.6) is 17.2 Å². The molecule has 20 heteroatoms. The SMILES string of the molecule is CNc1cc(S(=O)(=O)O)cc(N=Nc2c(Nc3cc(SOOO)ccc3O)ccc3cc(SOOO)cc(O)c23)c1O.[Cu]. The van der Waals surface area contributed by atoms with Crippen LogP contribution >= 0.6 is 24.1 Å². The number of hydrogen-bond acceptors (Lipinski definition) is 17. The van der Waals surface area contributed by atoms with Crippen molar-refractivity contribution in [2.75, 3.05) is 17.7 Å². The number of hydrogen-bond donors (Lipinski definition) is 8. The van der Waals surface area contributed by atoms with Gasteiger partial charge in [0.25, 0.3) is 10.1 Å². The molecular weight excluding hydrogens is 684 g/mol. The summed E-state index contributed by atoms with van der Waals surface area (Å²) in [7, 11) is -3.28. The zero-order valence-corrected chi connectivity index (χ0v) is 24.6. The van der Waals surface area contributed by atoms with Crippen molar-refractivity contribution in [3.63, 3.8) is 0 Å². The first-order chi connectivity index (χ1) is 20.0. The van der Waals surface area contributed by atoms with Gasteiger partial charge in [0, 0.05) is 33.9 Å². The molecule has 0 bridgehead atoms. The Morgan fingerprint density at radius 2 is 1.49 bits per heavy atom. The smallest absolute Gasteiger partial charge is 0.294 e. The van der Waals surface area contributed by atoms with Gasteiger partial charge in [-0.2, -0.15) is 8.42 Å². The van der Waals surface area contributed by atoms with E-state index in [1.54, 1.807) is 12.1 Å². The van der Waals surface area contributed by atoms with Crippen molar-refractivity contribution in [2.24, 2.45) is 10.2 Å². The fourth-order valence-corrected chi connectivity index (χ4v) is 5.05. The second-order valence-corrected chi connectivity index (χ2v) is 11.0. The average molecular weight is 704 g/mol. The zero-order valence-electron chi connectivity index (χ0n) is 21.2. The number of nitrogens with one attached hydrogen (secondary N) is 2. The van der Waals surface area contributed by atoms with E-state index in [1.807, 2.05) is 0 Å². The quantitative estimate of drug-likeness (QED) is 0.0154. The number of phenolic OH excluding ortho intramolecular Hbond substituents is 3. The maximum absolute atomic E-state index is 11.8. The third-order valence-corrected chi connectivity index (χ3v) is 7.45. The standard InChI is InChI=1S/C23H20N4O12S3.Cu/c1-24-17-9-14(42(33,34)35)10-18(23(17)30)26-27-22-15(25-16-7-12(40-38-36-31)3-5-19(16)28)4-2-11-6-13(41-39-37-32)8-20(29)21(11)22;/h2-10,24-25,28-32H,1H3,(H,33,34,35);. The molecule has 8 N–H and O–H groups in total. The molecule has 4 aromatic rings. The third-order valence-electron chi connectivity index (χ3n) is 5.49. The Kier molecular flexibility index (Phi) is 11.8. The summed E-state index contributed by atoms with van der Waals surface area (Å²) in [5.74, 6) is -1.02.